The molecule has 5 nitrogen and oxygen atoms in total. The monoisotopic (exact) mass is 260 g/mol. The summed E-state index contributed by atoms with van der Waals surface area (Å²) >= 11 is 0. The van der Waals surface area contributed by atoms with Crippen LogP contribution in [0, 0.1) is 5.92 Å². The second-order valence-electron chi connectivity index (χ2n) is 5.60. The molecule has 0 aromatic carbocycles. The normalized spacial score (nSPS) is 26.8. The number of nitrogens with zero attached hydrogens (tertiary/aromatic N) is 3. The first-order chi connectivity index (χ1) is 9.25. The fourth-order valence-electron chi connectivity index (χ4n) is 3.48. The van der Waals surface area contributed by atoms with Gasteiger partial charge in [-0.25, -0.2) is 0 Å². The molecule has 2 aliphatic rings. The number of piperidine rings is 1. The number of aromatic nitrogens is 2. The zero-order valence-electron chi connectivity index (χ0n) is 11.1. The van der Waals surface area contributed by atoms with E-state index in [-0.39, 0.29) is 5.91 Å². The fourth-order valence-corrected chi connectivity index (χ4v) is 3.48. The molecule has 2 heterocycles. The van der Waals surface area contributed by atoms with Crippen molar-refractivity contribution < 1.29 is 4.79 Å². The maximum Gasteiger partial charge on any atom is 0.274 e. The quantitative estimate of drug-likeness (QED) is 0.836. The van der Waals surface area contributed by atoms with Crippen molar-refractivity contribution in [2.24, 2.45) is 5.92 Å². The topological polar surface area (TPSA) is 72.1 Å². The summed E-state index contributed by atoms with van der Waals surface area (Å²) in [6, 6.07) is 3.73. The molecule has 5 heteroatoms. The number of fused-ring (bicyclic) bond motifs is 1. The van der Waals surface area contributed by atoms with Gasteiger partial charge in [-0.15, -0.1) is 10.2 Å². The summed E-state index contributed by atoms with van der Waals surface area (Å²) in [5.74, 6) is 1.06. The molecule has 1 aromatic heterocycles. The van der Waals surface area contributed by atoms with Gasteiger partial charge in [0, 0.05) is 12.6 Å². The molecule has 1 aliphatic carbocycles. The highest BCUT2D eigenvalue weighted by molar-refractivity contribution is 5.92. The number of nitrogen functional groups attached to an aromatic ring is 1. The van der Waals surface area contributed by atoms with E-state index in [1.807, 2.05) is 4.90 Å². The number of amides is 1. The predicted octanol–water partition coefficient (Wildman–Crippen LogP) is 1.85. The Morgan fingerprint density at radius 2 is 1.95 bits per heavy atom. The van der Waals surface area contributed by atoms with Crippen LogP contribution in [0.5, 0.6) is 0 Å². The molecule has 1 aromatic rings. The van der Waals surface area contributed by atoms with E-state index in [0.717, 1.165) is 19.4 Å². The van der Waals surface area contributed by atoms with Crippen LogP contribution in [0.1, 0.15) is 49.0 Å². The lowest BCUT2D eigenvalue weighted by Crippen LogP contribution is -2.49. The van der Waals surface area contributed by atoms with E-state index in [9.17, 15) is 4.79 Å². The molecule has 19 heavy (non-hydrogen) atoms. The van der Waals surface area contributed by atoms with Gasteiger partial charge in [0.2, 0.25) is 0 Å². The van der Waals surface area contributed by atoms with Crippen LogP contribution in [0.3, 0.4) is 0 Å². The van der Waals surface area contributed by atoms with Gasteiger partial charge < -0.3 is 10.6 Å². The number of carbonyl (C=O) groups excluding carboxylic acids is 1. The molecule has 2 N–H and O–H groups in total. The van der Waals surface area contributed by atoms with Gasteiger partial charge in [0.05, 0.1) is 0 Å². The van der Waals surface area contributed by atoms with E-state index in [0.29, 0.717) is 23.5 Å². The maximum atomic E-state index is 12.5. The summed E-state index contributed by atoms with van der Waals surface area (Å²) in [5, 5.41) is 7.70. The van der Waals surface area contributed by atoms with Gasteiger partial charge in [-0.1, -0.05) is 12.8 Å². The summed E-state index contributed by atoms with van der Waals surface area (Å²) in [6.45, 7) is 0.853. The van der Waals surface area contributed by atoms with E-state index in [4.69, 9.17) is 5.73 Å². The first kappa shape index (κ1) is 12.4. The van der Waals surface area contributed by atoms with E-state index >= 15 is 0 Å². The minimum atomic E-state index is 0.0177. The zero-order valence-corrected chi connectivity index (χ0v) is 11.1. The first-order valence-electron chi connectivity index (χ1n) is 7.16. The molecule has 3 rings (SSSR count). The van der Waals surface area contributed by atoms with Crippen molar-refractivity contribution in [2.45, 2.75) is 44.6 Å². The SMILES string of the molecule is Nc1ccc(C(=O)N2CCCC3CCCCC32)nn1. The van der Waals surface area contributed by atoms with Crippen LogP contribution >= 0.6 is 0 Å². The molecule has 0 bridgehead atoms. The summed E-state index contributed by atoms with van der Waals surface area (Å²) in [6.07, 6.45) is 7.32. The Kier molecular flexibility index (Phi) is 3.36. The summed E-state index contributed by atoms with van der Waals surface area (Å²) < 4.78 is 0. The average molecular weight is 260 g/mol. The van der Waals surface area contributed by atoms with Crippen LogP contribution in [0.4, 0.5) is 5.82 Å². The largest absolute Gasteiger partial charge is 0.382 e. The third-order valence-electron chi connectivity index (χ3n) is 4.41. The van der Waals surface area contributed by atoms with E-state index in [2.05, 4.69) is 10.2 Å². The van der Waals surface area contributed by atoms with Gasteiger partial charge >= 0.3 is 0 Å². The van der Waals surface area contributed by atoms with Gasteiger partial charge in [-0.2, -0.15) is 0 Å². The lowest BCUT2D eigenvalue weighted by atomic mass is 9.78. The lowest BCUT2D eigenvalue weighted by molar-refractivity contribution is 0.0384. The van der Waals surface area contributed by atoms with Gasteiger partial charge in [0.25, 0.3) is 5.91 Å². The van der Waals surface area contributed by atoms with Crippen molar-refractivity contribution in [1.29, 1.82) is 0 Å². The smallest absolute Gasteiger partial charge is 0.274 e. The Balaban J connectivity index is 1.79. The van der Waals surface area contributed by atoms with Crippen molar-refractivity contribution >= 4 is 11.7 Å². The summed E-state index contributed by atoms with van der Waals surface area (Å²) in [5.41, 5.74) is 5.93. The molecule has 1 saturated heterocycles. The molecule has 0 spiro atoms. The van der Waals surface area contributed by atoms with E-state index < -0.39 is 0 Å². The Morgan fingerprint density at radius 3 is 2.74 bits per heavy atom. The highest BCUT2D eigenvalue weighted by Crippen LogP contribution is 2.35. The molecule has 2 unspecified atom stereocenters. The third-order valence-corrected chi connectivity index (χ3v) is 4.41. The Bertz CT molecular complexity index is 457. The molecular formula is C14H20N4O. The van der Waals surface area contributed by atoms with Crippen molar-refractivity contribution in [1.82, 2.24) is 15.1 Å². The van der Waals surface area contributed by atoms with Crippen molar-refractivity contribution in [3.8, 4) is 0 Å². The van der Waals surface area contributed by atoms with Gasteiger partial charge in [0.15, 0.2) is 5.69 Å². The fraction of sp³-hybridized carbons (Fsp3) is 0.643. The predicted molar refractivity (Wildman–Crippen MR) is 72.5 cm³/mol. The standard InChI is InChI=1S/C14H20N4O/c15-13-8-7-11(16-17-13)14(19)18-9-3-5-10-4-1-2-6-12(10)18/h7-8,10,12H,1-6,9H2,(H2,15,17). The Labute approximate surface area is 113 Å². The van der Waals surface area contributed by atoms with Gasteiger partial charge in [0.1, 0.15) is 5.82 Å². The molecular weight excluding hydrogens is 240 g/mol. The second-order valence-corrected chi connectivity index (χ2v) is 5.60. The second kappa shape index (κ2) is 5.15. The number of anilines is 1. The van der Waals surface area contributed by atoms with E-state index in [1.54, 1.807) is 12.1 Å². The summed E-state index contributed by atoms with van der Waals surface area (Å²) in [7, 11) is 0. The van der Waals surface area contributed by atoms with Gasteiger partial charge in [-0.3, -0.25) is 4.79 Å². The van der Waals surface area contributed by atoms with E-state index in [1.165, 1.54) is 25.7 Å². The zero-order chi connectivity index (χ0) is 13.2. The molecule has 102 valence electrons. The summed E-state index contributed by atoms with van der Waals surface area (Å²) in [4.78, 5) is 14.6. The number of likely N-dealkylation sites (tertiary alicyclic amines) is 1. The molecule has 1 aliphatic heterocycles. The average Bonchev–Trinajstić information content (AvgIpc) is 2.47. The van der Waals surface area contributed by atoms with Crippen LogP contribution in [0.25, 0.3) is 0 Å². The number of hydrogen-bond donors (Lipinski definition) is 1. The lowest BCUT2D eigenvalue weighted by Gasteiger charge is -2.43. The molecule has 1 amide bonds. The minimum Gasteiger partial charge on any atom is -0.382 e. The van der Waals surface area contributed by atoms with Gasteiger partial charge in [-0.05, 0) is 43.7 Å². The first-order valence-corrected chi connectivity index (χ1v) is 7.16. The van der Waals surface area contributed by atoms with Crippen LogP contribution < -0.4 is 5.73 Å². The number of nitrogens with two attached hydrogens (primary N) is 1. The molecule has 2 atom stereocenters. The van der Waals surface area contributed by atoms with Crippen molar-refractivity contribution in [3.63, 3.8) is 0 Å². The molecule has 0 radical (unpaired) electrons. The van der Waals surface area contributed by atoms with Crippen LogP contribution in [-0.2, 0) is 0 Å². The third kappa shape index (κ3) is 2.41. The van der Waals surface area contributed by atoms with Crippen molar-refractivity contribution in [2.75, 3.05) is 12.3 Å². The molecule has 2 fully saturated rings. The number of carbonyl (C=O) groups is 1. The highest BCUT2D eigenvalue weighted by atomic mass is 16.2. The Hall–Kier alpha value is -1.65. The number of rotatable bonds is 1. The highest BCUT2D eigenvalue weighted by Gasteiger charge is 2.36. The number of hydrogen-bond acceptors (Lipinski definition) is 4. The van der Waals surface area contributed by atoms with Crippen LogP contribution in [0.15, 0.2) is 12.1 Å². The maximum absolute atomic E-state index is 12.5. The molecule has 1 saturated carbocycles. The Morgan fingerprint density at radius 1 is 1.16 bits per heavy atom. The minimum absolute atomic E-state index is 0.0177. The van der Waals surface area contributed by atoms with Crippen molar-refractivity contribution in [3.05, 3.63) is 17.8 Å². The van der Waals surface area contributed by atoms with Crippen LogP contribution in [0.2, 0.25) is 0 Å². The van der Waals surface area contributed by atoms with Crippen LogP contribution in [-0.4, -0.2) is 33.6 Å².